The van der Waals surface area contributed by atoms with Gasteiger partial charge in [0.1, 0.15) is 5.25 Å². The fraction of sp³-hybridized carbons (Fsp3) is 0.278. The van der Waals surface area contributed by atoms with Crippen molar-refractivity contribution >= 4 is 44.6 Å². The van der Waals surface area contributed by atoms with E-state index < -0.39 is 21.0 Å². The first-order valence-corrected chi connectivity index (χ1v) is 10.3. The normalized spacial score (nSPS) is 12.6. The molecule has 2 aromatic carbocycles. The molecule has 0 aliphatic rings. The quantitative estimate of drug-likeness (QED) is 0.725. The Morgan fingerprint density at radius 1 is 1.04 bits per heavy atom. The van der Waals surface area contributed by atoms with Crippen molar-refractivity contribution in [3.05, 3.63) is 64.1 Å². The van der Waals surface area contributed by atoms with Crippen LogP contribution in [-0.4, -0.2) is 26.1 Å². The van der Waals surface area contributed by atoms with E-state index in [1.807, 2.05) is 6.07 Å². The second-order valence-electron chi connectivity index (χ2n) is 5.57. The molecule has 0 heterocycles. The van der Waals surface area contributed by atoms with Crippen molar-refractivity contribution in [2.75, 3.05) is 11.4 Å². The number of benzene rings is 2. The van der Waals surface area contributed by atoms with E-state index in [-0.39, 0.29) is 15.8 Å². The lowest BCUT2D eigenvalue weighted by Crippen LogP contribution is -2.42. The van der Waals surface area contributed by atoms with Gasteiger partial charge in [-0.05, 0) is 38.1 Å². The van der Waals surface area contributed by atoms with Crippen LogP contribution in [-0.2, 0) is 20.4 Å². The molecule has 0 unspecified atom stereocenters. The summed E-state index contributed by atoms with van der Waals surface area (Å²) >= 11 is 12.1. The SMILES string of the molecule is CCN(C(=O)[C@@H](C)S(=O)(=O)Cc1c(Cl)cccc1Cl)c1ccccc1. The molecular formula is C18H19Cl2NO3S. The maximum atomic E-state index is 12.8. The van der Waals surface area contributed by atoms with Crippen molar-refractivity contribution in [3.63, 3.8) is 0 Å². The second kappa shape index (κ2) is 8.21. The van der Waals surface area contributed by atoms with Gasteiger partial charge in [0, 0.05) is 27.8 Å². The summed E-state index contributed by atoms with van der Waals surface area (Å²) in [6.07, 6.45) is 0. The van der Waals surface area contributed by atoms with E-state index in [1.165, 1.54) is 11.8 Å². The largest absolute Gasteiger partial charge is 0.312 e. The molecule has 0 spiro atoms. The van der Waals surface area contributed by atoms with Gasteiger partial charge in [-0.1, -0.05) is 47.5 Å². The van der Waals surface area contributed by atoms with Crippen molar-refractivity contribution in [3.8, 4) is 0 Å². The Balaban J connectivity index is 2.28. The summed E-state index contributed by atoms with van der Waals surface area (Å²) in [7, 11) is -3.78. The molecule has 1 atom stereocenters. The average Bonchev–Trinajstić information content (AvgIpc) is 2.59. The number of para-hydroxylation sites is 1. The lowest BCUT2D eigenvalue weighted by atomic mass is 10.2. The number of hydrogen-bond acceptors (Lipinski definition) is 3. The number of rotatable bonds is 6. The zero-order valence-electron chi connectivity index (χ0n) is 13.9. The minimum atomic E-state index is -3.78. The number of carbonyl (C=O) groups excluding carboxylic acids is 1. The fourth-order valence-corrected chi connectivity index (χ4v) is 4.53. The van der Waals surface area contributed by atoms with Crippen molar-refractivity contribution in [2.24, 2.45) is 0 Å². The molecule has 2 aromatic rings. The van der Waals surface area contributed by atoms with Crippen molar-refractivity contribution < 1.29 is 13.2 Å². The third kappa shape index (κ3) is 4.54. The lowest BCUT2D eigenvalue weighted by Gasteiger charge is -2.24. The van der Waals surface area contributed by atoms with Gasteiger partial charge in [0.2, 0.25) is 5.91 Å². The van der Waals surface area contributed by atoms with Crippen LogP contribution < -0.4 is 4.90 Å². The van der Waals surface area contributed by atoms with E-state index in [1.54, 1.807) is 49.4 Å². The van der Waals surface area contributed by atoms with Gasteiger partial charge in [0.25, 0.3) is 0 Å². The highest BCUT2D eigenvalue weighted by atomic mass is 35.5. The third-order valence-electron chi connectivity index (χ3n) is 3.94. The Kier molecular flexibility index (Phi) is 6.49. The average molecular weight is 400 g/mol. The van der Waals surface area contributed by atoms with Gasteiger partial charge in [-0.2, -0.15) is 0 Å². The van der Waals surface area contributed by atoms with Gasteiger partial charge in [0.05, 0.1) is 5.75 Å². The number of carbonyl (C=O) groups is 1. The van der Waals surface area contributed by atoms with Crippen LogP contribution in [0, 0.1) is 0 Å². The second-order valence-corrected chi connectivity index (χ2v) is 8.70. The van der Waals surface area contributed by atoms with E-state index in [0.29, 0.717) is 17.8 Å². The minimum absolute atomic E-state index is 0.270. The smallest absolute Gasteiger partial charge is 0.245 e. The highest BCUT2D eigenvalue weighted by molar-refractivity contribution is 7.92. The highest BCUT2D eigenvalue weighted by Crippen LogP contribution is 2.28. The number of nitrogens with zero attached hydrogens (tertiary/aromatic N) is 1. The minimum Gasteiger partial charge on any atom is -0.312 e. The predicted molar refractivity (Wildman–Crippen MR) is 103 cm³/mol. The highest BCUT2D eigenvalue weighted by Gasteiger charge is 2.32. The maximum absolute atomic E-state index is 12.8. The molecule has 0 aliphatic heterocycles. The van der Waals surface area contributed by atoms with Gasteiger partial charge < -0.3 is 4.90 Å². The summed E-state index contributed by atoms with van der Waals surface area (Å²) in [4.78, 5) is 14.2. The standard InChI is InChI=1S/C18H19Cl2NO3S/c1-3-21(14-8-5-4-6-9-14)18(22)13(2)25(23,24)12-15-16(19)10-7-11-17(15)20/h4-11,13H,3,12H2,1-2H3/t13-/m1/s1. The molecule has 2 rings (SSSR count). The molecular weight excluding hydrogens is 381 g/mol. The van der Waals surface area contributed by atoms with E-state index in [0.717, 1.165) is 0 Å². The number of halogens is 2. The van der Waals surface area contributed by atoms with Crippen LogP contribution in [0.4, 0.5) is 5.69 Å². The summed E-state index contributed by atoms with van der Waals surface area (Å²) in [6, 6.07) is 13.8. The topological polar surface area (TPSA) is 54.5 Å². The van der Waals surface area contributed by atoms with E-state index in [2.05, 4.69) is 0 Å². The zero-order chi connectivity index (χ0) is 18.6. The number of amides is 1. The molecule has 0 bridgehead atoms. The fourth-order valence-electron chi connectivity index (χ4n) is 2.44. The number of sulfone groups is 1. The maximum Gasteiger partial charge on any atom is 0.245 e. The van der Waals surface area contributed by atoms with Crippen LogP contribution in [0.2, 0.25) is 10.0 Å². The van der Waals surface area contributed by atoms with Crippen molar-refractivity contribution in [1.82, 2.24) is 0 Å². The summed E-state index contributed by atoms with van der Waals surface area (Å²) in [6.45, 7) is 3.57. The first-order chi connectivity index (χ1) is 11.8. The predicted octanol–water partition coefficient (Wildman–Crippen LogP) is 4.35. The number of anilines is 1. The summed E-state index contributed by atoms with van der Waals surface area (Å²) < 4.78 is 25.5. The molecule has 0 saturated heterocycles. The Labute approximate surface area is 158 Å². The Bertz CT molecular complexity index is 834. The van der Waals surface area contributed by atoms with Crippen molar-refractivity contribution in [1.29, 1.82) is 0 Å². The molecule has 4 nitrogen and oxygen atoms in total. The van der Waals surface area contributed by atoms with Crippen LogP contribution >= 0.6 is 23.2 Å². The van der Waals surface area contributed by atoms with E-state index in [9.17, 15) is 13.2 Å². The molecule has 0 aliphatic carbocycles. The van der Waals surface area contributed by atoms with E-state index >= 15 is 0 Å². The summed E-state index contributed by atoms with van der Waals surface area (Å²) in [5, 5.41) is -0.669. The molecule has 25 heavy (non-hydrogen) atoms. The molecule has 7 heteroatoms. The Hall–Kier alpha value is -1.56. The summed E-state index contributed by atoms with van der Waals surface area (Å²) in [5.41, 5.74) is 0.973. The van der Waals surface area contributed by atoms with Crippen LogP contribution in [0.5, 0.6) is 0 Å². The first-order valence-electron chi connectivity index (χ1n) is 7.78. The van der Waals surface area contributed by atoms with Crippen LogP contribution in [0.15, 0.2) is 48.5 Å². The van der Waals surface area contributed by atoms with Gasteiger partial charge in [-0.3, -0.25) is 4.79 Å². The van der Waals surface area contributed by atoms with Crippen molar-refractivity contribution in [2.45, 2.75) is 24.9 Å². The monoisotopic (exact) mass is 399 g/mol. The first kappa shape index (κ1) is 19.8. The van der Waals surface area contributed by atoms with Gasteiger partial charge >= 0.3 is 0 Å². The Morgan fingerprint density at radius 3 is 2.12 bits per heavy atom. The molecule has 0 radical (unpaired) electrons. The third-order valence-corrected chi connectivity index (χ3v) is 6.62. The molecule has 0 aromatic heterocycles. The number of hydrogen-bond donors (Lipinski definition) is 0. The molecule has 0 N–H and O–H groups in total. The van der Waals surface area contributed by atoms with Crippen LogP contribution in [0.25, 0.3) is 0 Å². The Morgan fingerprint density at radius 2 is 1.60 bits per heavy atom. The van der Waals surface area contributed by atoms with E-state index in [4.69, 9.17) is 23.2 Å². The van der Waals surface area contributed by atoms with Gasteiger partial charge in [-0.25, -0.2) is 8.42 Å². The zero-order valence-corrected chi connectivity index (χ0v) is 16.3. The van der Waals surface area contributed by atoms with Gasteiger partial charge in [-0.15, -0.1) is 0 Å². The molecule has 0 saturated carbocycles. The van der Waals surface area contributed by atoms with Gasteiger partial charge in [0.15, 0.2) is 9.84 Å². The molecule has 0 fully saturated rings. The van der Waals surface area contributed by atoms with Crippen LogP contribution in [0.3, 0.4) is 0 Å². The molecule has 1 amide bonds. The lowest BCUT2D eigenvalue weighted by molar-refractivity contribution is -0.117. The molecule has 134 valence electrons. The summed E-state index contributed by atoms with van der Waals surface area (Å²) in [5.74, 6) is -0.859. The van der Waals surface area contributed by atoms with Crippen LogP contribution in [0.1, 0.15) is 19.4 Å².